The van der Waals surface area contributed by atoms with Crippen molar-refractivity contribution >= 4 is 0 Å². The Morgan fingerprint density at radius 1 is 1.00 bits per heavy atom. The molecule has 0 aliphatic rings. The summed E-state index contributed by atoms with van der Waals surface area (Å²) in [5, 5.41) is 0. The molecular formula is C18H22FN. The largest absolute Gasteiger partial charge is 0.325 e. The molecule has 0 amide bonds. The van der Waals surface area contributed by atoms with Crippen molar-refractivity contribution in [3.63, 3.8) is 0 Å². The maximum atomic E-state index is 13.7. The zero-order valence-electron chi connectivity index (χ0n) is 12.4. The molecule has 1 nitrogen and oxygen atoms in total. The van der Waals surface area contributed by atoms with Crippen LogP contribution in [0.15, 0.2) is 42.5 Å². The van der Waals surface area contributed by atoms with Crippen LogP contribution < -0.4 is 5.73 Å². The second kappa shape index (κ2) is 5.76. The fourth-order valence-electron chi connectivity index (χ4n) is 2.57. The second-order valence-electron chi connectivity index (χ2n) is 6.03. The molecule has 1 unspecified atom stereocenters. The van der Waals surface area contributed by atoms with Gasteiger partial charge in [0.05, 0.1) is 0 Å². The lowest BCUT2D eigenvalue weighted by Crippen LogP contribution is -2.41. The van der Waals surface area contributed by atoms with Gasteiger partial charge in [0.15, 0.2) is 0 Å². The van der Waals surface area contributed by atoms with E-state index in [0.717, 1.165) is 6.42 Å². The van der Waals surface area contributed by atoms with Gasteiger partial charge in [0.2, 0.25) is 0 Å². The normalized spacial score (nSPS) is 14.1. The second-order valence-corrected chi connectivity index (χ2v) is 6.03. The summed E-state index contributed by atoms with van der Waals surface area (Å²) >= 11 is 0. The van der Waals surface area contributed by atoms with E-state index in [4.69, 9.17) is 5.73 Å². The number of halogens is 1. The monoisotopic (exact) mass is 271 g/mol. The molecule has 2 rings (SSSR count). The van der Waals surface area contributed by atoms with E-state index in [2.05, 4.69) is 32.0 Å². The molecule has 0 fully saturated rings. The van der Waals surface area contributed by atoms with Gasteiger partial charge in [0.1, 0.15) is 5.82 Å². The van der Waals surface area contributed by atoms with Crippen molar-refractivity contribution in [1.29, 1.82) is 0 Å². The molecule has 2 heteroatoms. The van der Waals surface area contributed by atoms with Gasteiger partial charge in [-0.15, -0.1) is 0 Å². The van der Waals surface area contributed by atoms with Crippen molar-refractivity contribution < 1.29 is 4.39 Å². The molecule has 0 spiro atoms. The molecule has 0 bridgehead atoms. The number of benzene rings is 2. The summed E-state index contributed by atoms with van der Waals surface area (Å²) in [5.74, 6) is -0.176. The molecule has 1 atom stereocenters. The fraction of sp³-hybridized carbons (Fsp3) is 0.333. The van der Waals surface area contributed by atoms with E-state index in [-0.39, 0.29) is 5.82 Å². The third-order valence-electron chi connectivity index (χ3n) is 3.65. The molecule has 0 radical (unpaired) electrons. The Balaban J connectivity index is 2.19. The molecule has 106 valence electrons. The lowest BCUT2D eigenvalue weighted by Gasteiger charge is -2.26. The van der Waals surface area contributed by atoms with Gasteiger partial charge in [0.25, 0.3) is 0 Å². The first-order valence-electron chi connectivity index (χ1n) is 6.96. The van der Waals surface area contributed by atoms with Crippen molar-refractivity contribution in [3.05, 3.63) is 70.5 Å². The van der Waals surface area contributed by atoms with Gasteiger partial charge >= 0.3 is 0 Å². The quantitative estimate of drug-likeness (QED) is 0.895. The van der Waals surface area contributed by atoms with E-state index in [1.807, 2.05) is 19.1 Å². The van der Waals surface area contributed by atoms with E-state index in [0.29, 0.717) is 12.0 Å². The summed E-state index contributed by atoms with van der Waals surface area (Å²) in [7, 11) is 0. The van der Waals surface area contributed by atoms with Crippen LogP contribution in [0, 0.1) is 19.7 Å². The Bertz CT molecular complexity index is 602. The highest BCUT2D eigenvalue weighted by atomic mass is 19.1. The molecule has 0 saturated heterocycles. The molecule has 0 saturated carbocycles. The summed E-state index contributed by atoms with van der Waals surface area (Å²) in [4.78, 5) is 0. The van der Waals surface area contributed by atoms with Crippen LogP contribution in [0.3, 0.4) is 0 Å². The minimum absolute atomic E-state index is 0.176. The Kier molecular flexibility index (Phi) is 4.24. The maximum absolute atomic E-state index is 13.7. The van der Waals surface area contributed by atoms with Crippen LogP contribution in [-0.4, -0.2) is 5.54 Å². The number of hydrogen-bond acceptors (Lipinski definition) is 1. The Labute approximate surface area is 120 Å². The van der Waals surface area contributed by atoms with Gasteiger partial charge in [-0.1, -0.05) is 42.0 Å². The predicted molar refractivity (Wildman–Crippen MR) is 82.3 cm³/mol. The van der Waals surface area contributed by atoms with E-state index in [1.54, 1.807) is 6.07 Å². The SMILES string of the molecule is Cc1ccc(C)c(CC(C)(N)Cc2ccccc2F)c1. The van der Waals surface area contributed by atoms with Crippen LogP contribution in [0.25, 0.3) is 0 Å². The summed E-state index contributed by atoms with van der Waals surface area (Å²) < 4.78 is 13.7. The molecule has 0 aromatic heterocycles. The Morgan fingerprint density at radius 2 is 1.65 bits per heavy atom. The van der Waals surface area contributed by atoms with Crippen LogP contribution in [0.4, 0.5) is 4.39 Å². The van der Waals surface area contributed by atoms with Gasteiger partial charge in [0, 0.05) is 5.54 Å². The average Bonchev–Trinajstić information content (AvgIpc) is 2.36. The molecule has 2 aromatic carbocycles. The summed E-state index contributed by atoms with van der Waals surface area (Å²) in [5.41, 5.74) is 10.3. The number of hydrogen-bond donors (Lipinski definition) is 1. The van der Waals surface area contributed by atoms with Crippen molar-refractivity contribution in [3.8, 4) is 0 Å². The van der Waals surface area contributed by atoms with E-state index in [9.17, 15) is 4.39 Å². The van der Waals surface area contributed by atoms with Crippen molar-refractivity contribution in [2.24, 2.45) is 5.73 Å². The molecular weight excluding hydrogens is 249 g/mol. The zero-order chi connectivity index (χ0) is 14.8. The standard InChI is InChI=1S/C18H22FN/c1-13-8-9-14(2)16(10-13)12-18(3,20)11-15-6-4-5-7-17(15)19/h4-10H,11-12,20H2,1-3H3. The molecule has 2 N–H and O–H groups in total. The van der Waals surface area contributed by atoms with Crippen LogP contribution in [0.2, 0.25) is 0 Å². The van der Waals surface area contributed by atoms with Crippen LogP contribution in [0.1, 0.15) is 29.2 Å². The first kappa shape index (κ1) is 14.7. The van der Waals surface area contributed by atoms with Gasteiger partial charge in [-0.2, -0.15) is 0 Å². The van der Waals surface area contributed by atoms with E-state index < -0.39 is 5.54 Å². The first-order chi connectivity index (χ1) is 9.37. The first-order valence-corrected chi connectivity index (χ1v) is 6.96. The number of rotatable bonds is 4. The summed E-state index contributed by atoms with van der Waals surface area (Å²) in [6.07, 6.45) is 1.28. The Morgan fingerprint density at radius 3 is 2.35 bits per heavy atom. The molecule has 0 heterocycles. The highest BCUT2D eigenvalue weighted by molar-refractivity contribution is 5.32. The Hall–Kier alpha value is -1.67. The van der Waals surface area contributed by atoms with Crippen LogP contribution in [0.5, 0.6) is 0 Å². The predicted octanol–water partition coefficient (Wildman–Crippen LogP) is 3.95. The topological polar surface area (TPSA) is 26.0 Å². The molecule has 0 aliphatic heterocycles. The van der Waals surface area contributed by atoms with E-state index >= 15 is 0 Å². The fourth-order valence-corrected chi connectivity index (χ4v) is 2.57. The number of aryl methyl sites for hydroxylation is 2. The lowest BCUT2D eigenvalue weighted by atomic mass is 9.85. The average molecular weight is 271 g/mol. The van der Waals surface area contributed by atoms with Gasteiger partial charge in [-0.25, -0.2) is 4.39 Å². The summed E-state index contributed by atoms with van der Waals surface area (Å²) in [6.45, 7) is 6.16. The van der Waals surface area contributed by atoms with Crippen LogP contribution >= 0.6 is 0 Å². The van der Waals surface area contributed by atoms with Crippen molar-refractivity contribution in [1.82, 2.24) is 0 Å². The van der Waals surface area contributed by atoms with Gasteiger partial charge in [-0.3, -0.25) is 0 Å². The maximum Gasteiger partial charge on any atom is 0.126 e. The third kappa shape index (κ3) is 3.67. The molecule has 0 aliphatic carbocycles. The highest BCUT2D eigenvalue weighted by Crippen LogP contribution is 2.21. The van der Waals surface area contributed by atoms with Crippen molar-refractivity contribution in [2.45, 2.75) is 39.2 Å². The summed E-state index contributed by atoms with van der Waals surface area (Å²) in [6, 6.07) is 13.2. The molecule has 20 heavy (non-hydrogen) atoms. The highest BCUT2D eigenvalue weighted by Gasteiger charge is 2.22. The van der Waals surface area contributed by atoms with Gasteiger partial charge in [-0.05, 0) is 56.4 Å². The lowest BCUT2D eigenvalue weighted by molar-refractivity contribution is 0.450. The number of nitrogens with two attached hydrogens (primary N) is 1. The minimum Gasteiger partial charge on any atom is -0.325 e. The molecule has 2 aromatic rings. The third-order valence-corrected chi connectivity index (χ3v) is 3.65. The smallest absolute Gasteiger partial charge is 0.126 e. The minimum atomic E-state index is -0.458. The van der Waals surface area contributed by atoms with Crippen LogP contribution in [-0.2, 0) is 12.8 Å². The zero-order valence-corrected chi connectivity index (χ0v) is 12.4. The van der Waals surface area contributed by atoms with Gasteiger partial charge < -0.3 is 5.73 Å². The van der Waals surface area contributed by atoms with Crippen molar-refractivity contribution in [2.75, 3.05) is 0 Å². The van der Waals surface area contributed by atoms with E-state index in [1.165, 1.54) is 22.8 Å².